The zero-order chi connectivity index (χ0) is 11.7. The molecule has 2 nitrogen and oxygen atoms in total. The highest BCUT2D eigenvalue weighted by Gasteiger charge is 2.38. The minimum absolute atomic E-state index is 0.510. The third-order valence-corrected chi connectivity index (χ3v) is 4.25. The number of nitrogens with one attached hydrogen (secondary N) is 1. The normalized spacial score (nSPS) is 34.0. The zero-order valence-electron chi connectivity index (χ0n) is 10.9. The highest BCUT2D eigenvalue weighted by Crippen LogP contribution is 2.35. The van der Waals surface area contributed by atoms with Crippen LogP contribution in [0.25, 0.3) is 0 Å². The van der Waals surface area contributed by atoms with E-state index >= 15 is 0 Å². The molecular formula is C14H26N2. The van der Waals surface area contributed by atoms with Crippen LogP contribution < -0.4 is 5.32 Å². The van der Waals surface area contributed by atoms with E-state index in [4.69, 9.17) is 0 Å². The molecule has 1 aliphatic heterocycles. The number of hydrogen-bond acceptors (Lipinski definition) is 2. The van der Waals surface area contributed by atoms with E-state index in [9.17, 15) is 0 Å². The maximum Gasteiger partial charge on any atom is 0.0251 e. The average Bonchev–Trinajstić information content (AvgIpc) is 3.11. The van der Waals surface area contributed by atoms with E-state index in [2.05, 4.69) is 43.6 Å². The van der Waals surface area contributed by atoms with Gasteiger partial charge in [0.2, 0.25) is 0 Å². The maximum atomic E-state index is 3.95. The van der Waals surface area contributed by atoms with Gasteiger partial charge in [0.05, 0.1) is 0 Å². The molecule has 1 saturated carbocycles. The third kappa shape index (κ3) is 2.49. The summed E-state index contributed by atoms with van der Waals surface area (Å²) in [6, 6.07) is 1.91. The van der Waals surface area contributed by atoms with Crippen LogP contribution in [-0.4, -0.2) is 36.1 Å². The lowest BCUT2D eigenvalue weighted by molar-refractivity contribution is 0.0739. The Morgan fingerprint density at radius 2 is 2.00 bits per heavy atom. The molecule has 2 rings (SSSR count). The molecule has 1 saturated heterocycles. The van der Waals surface area contributed by atoms with Gasteiger partial charge in [-0.3, -0.25) is 4.90 Å². The first-order chi connectivity index (χ1) is 7.63. The van der Waals surface area contributed by atoms with E-state index in [0.29, 0.717) is 12.1 Å². The van der Waals surface area contributed by atoms with Gasteiger partial charge in [0, 0.05) is 31.2 Å². The lowest BCUT2D eigenvalue weighted by atomic mass is 9.95. The van der Waals surface area contributed by atoms with Gasteiger partial charge in [-0.1, -0.05) is 19.9 Å². The first kappa shape index (κ1) is 12.1. The molecule has 0 amide bonds. The maximum absolute atomic E-state index is 3.95. The molecule has 3 unspecified atom stereocenters. The summed E-state index contributed by atoms with van der Waals surface area (Å²) in [6.07, 6.45) is 4.95. The van der Waals surface area contributed by atoms with Gasteiger partial charge in [0.1, 0.15) is 0 Å². The second-order valence-corrected chi connectivity index (χ2v) is 5.84. The van der Waals surface area contributed by atoms with E-state index in [-0.39, 0.29) is 0 Å². The summed E-state index contributed by atoms with van der Waals surface area (Å²) in [4.78, 5) is 2.65. The van der Waals surface area contributed by atoms with Crippen molar-refractivity contribution in [3.8, 4) is 0 Å². The molecule has 2 aliphatic rings. The first-order valence-corrected chi connectivity index (χ1v) is 6.75. The predicted octanol–water partition coefficient (Wildman–Crippen LogP) is 2.27. The third-order valence-electron chi connectivity index (χ3n) is 4.25. The van der Waals surface area contributed by atoms with Crippen LogP contribution in [0.1, 0.15) is 33.6 Å². The molecular weight excluding hydrogens is 196 g/mol. The SMILES string of the molecule is C=CC(C)N1CC(C2CC2)NCC1C(C)C. The molecule has 16 heavy (non-hydrogen) atoms. The number of piperazine rings is 1. The smallest absolute Gasteiger partial charge is 0.0251 e. The van der Waals surface area contributed by atoms with E-state index in [1.165, 1.54) is 19.4 Å². The van der Waals surface area contributed by atoms with Crippen molar-refractivity contribution in [2.75, 3.05) is 13.1 Å². The van der Waals surface area contributed by atoms with E-state index < -0.39 is 0 Å². The summed E-state index contributed by atoms with van der Waals surface area (Å²) in [6.45, 7) is 13.2. The van der Waals surface area contributed by atoms with Crippen molar-refractivity contribution in [1.82, 2.24) is 10.2 Å². The van der Waals surface area contributed by atoms with Crippen LogP contribution in [0.3, 0.4) is 0 Å². The molecule has 0 radical (unpaired) electrons. The Balaban J connectivity index is 2.02. The van der Waals surface area contributed by atoms with Crippen molar-refractivity contribution < 1.29 is 0 Å². The van der Waals surface area contributed by atoms with Crippen LogP contribution in [-0.2, 0) is 0 Å². The van der Waals surface area contributed by atoms with Gasteiger partial charge in [0.15, 0.2) is 0 Å². The Hall–Kier alpha value is -0.340. The quantitative estimate of drug-likeness (QED) is 0.734. The zero-order valence-corrected chi connectivity index (χ0v) is 10.9. The number of hydrogen-bond donors (Lipinski definition) is 1. The number of nitrogens with zero attached hydrogens (tertiary/aromatic N) is 1. The van der Waals surface area contributed by atoms with Gasteiger partial charge in [0.25, 0.3) is 0 Å². The molecule has 2 heteroatoms. The largest absolute Gasteiger partial charge is 0.311 e. The molecule has 0 bridgehead atoms. The summed E-state index contributed by atoms with van der Waals surface area (Å²) >= 11 is 0. The van der Waals surface area contributed by atoms with Gasteiger partial charge in [-0.05, 0) is 31.6 Å². The average molecular weight is 222 g/mol. The van der Waals surface area contributed by atoms with Gasteiger partial charge in [-0.25, -0.2) is 0 Å². The van der Waals surface area contributed by atoms with Crippen molar-refractivity contribution in [2.45, 2.75) is 51.7 Å². The van der Waals surface area contributed by atoms with E-state index in [0.717, 1.165) is 24.4 Å². The second kappa shape index (κ2) is 4.89. The Labute approximate surface area is 100 Å². The molecule has 92 valence electrons. The number of rotatable bonds is 4. The molecule has 1 aliphatic carbocycles. The predicted molar refractivity (Wildman–Crippen MR) is 69.5 cm³/mol. The van der Waals surface area contributed by atoms with Gasteiger partial charge < -0.3 is 5.32 Å². The summed E-state index contributed by atoms with van der Waals surface area (Å²) < 4.78 is 0. The minimum Gasteiger partial charge on any atom is -0.311 e. The minimum atomic E-state index is 0.510. The van der Waals surface area contributed by atoms with E-state index in [1.807, 2.05) is 0 Å². The van der Waals surface area contributed by atoms with Gasteiger partial charge in [-0.2, -0.15) is 0 Å². The molecule has 0 aromatic carbocycles. The van der Waals surface area contributed by atoms with Crippen molar-refractivity contribution in [3.63, 3.8) is 0 Å². The van der Waals surface area contributed by atoms with Crippen LogP contribution >= 0.6 is 0 Å². The lowest BCUT2D eigenvalue weighted by Crippen LogP contribution is -2.60. The monoisotopic (exact) mass is 222 g/mol. The summed E-state index contributed by atoms with van der Waals surface area (Å²) in [5.74, 6) is 1.67. The van der Waals surface area contributed by atoms with Crippen molar-refractivity contribution in [3.05, 3.63) is 12.7 Å². The molecule has 2 fully saturated rings. The fourth-order valence-electron chi connectivity index (χ4n) is 2.85. The molecule has 0 spiro atoms. The summed E-state index contributed by atoms with van der Waals surface area (Å²) in [7, 11) is 0. The molecule has 0 aromatic heterocycles. The Kier molecular flexibility index (Phi) is 3.70. The van der Waals surface area contributed by atoms with Crippen LogP contribution in [0, 0.1) is 11.8 Å². The van der Waals surface area contributed by atoms with Crippen LogP contribution in [0.4, 0.5) is 0 Å². The van der Waals surface area contributed by atoms with Gasteiger partial charge >= 0.3 is 0 Å². The van der Waals surface area contributed by atoms with Crippen molar-refractivity contribution in [2.24, 2.45) is 11.8 Å². The molecule has 1 N–H and O–H groups in total. The molecule has 3 atom stereocenters. The van der Waals surface area contributed by atoms with Crippen LogP contribution in [0.5, 0.6) is 0 Å². The summed E-state index contributed by atoms with van der Waals surface area (Å²) in [5, 5.41) is 3.75. The van der Waals surface area contributed by atoms with Crippen LogP contribution in [0.2, 0.25) is 0 Å². The van der Waals surface area contributed by atoms with Crippen LogP contribution in [0.15, 0.2) is 12.7 Å². The highest BCUT2D eigenvalue weighted by molar-refractivity contribution is 4.99. The standard InChI is InChI=1S/C14H26N2/c1-5-11(4)16-9-13(12-6-7-12)15-8-14(16)10(2)3/h5,10-15H,1,6-9H2,2-4H3. The summed E-state index contributed by atoms with van der Waals surface area (Å²) in [5.41, 5.74) is 0. The second-order valence-electron chi connectivity index (χ2n) is 5.84. The fraction of sp³-hybridized carbons (Fsp3) is 0.857. The molecule has 1 heterocycles. The molecule has 0 aromatic rings. The Morgan fingerprint density at radius 1 is 1.31 bits per heavy atom. The topological polar surface area (TPSA) is 15.3 Å². The fourth-order valence-corrected chi connectivity index (χ4v) is 2.85. The first-order valence-electron chi connectivity index (χ1n) is 6.75. The van der Waals surface area contributed by atoms with Crippen molar-refractivity contribution in [1.29, 1.82) is 0 Å². The lowest BCUT2D eigenvalue weighted by Gasteiger charge is -2.45. The Bertz CT molecular complexity index is 245. The van der Waals surface area contributed by atoms with E-state index in [1.54, 1.807) is 0 Å². The van der Waals surface area contributed by atoms with Gasteiger partial charge in [-0.15, -0.1) is 6.58 Å². The highest BCUT2D eigenvalue weighted by atomic mass is 15.3. The Morgan fingerprint density at radius 3 is 2.50 bits per heavy atom. The van der Waals surface area contributed by atoms with Crippen molar-refractivity contribution >= 4 is 0 Å².